The van der Waals surface area contributed by atoms with Crippen LogP contribution in [-0.2, 0) is 6.18 Å². The molecule has 0 amide bonds. The second-order valence-electron chi connectivity index (χ2n) is 3.88. The number of nitrogens with one attached hydrogen (secondary N) is 1. The molecule has 1 fully saturated rings. The highest BCUT2D eigenvalue weighted by Crippen LogP contribution is 2.34. The van der Waals surface area contributed by atoms with Gasteiger partial charge < -0.3 is 10.1 Å². The molecule has 0 bridgehead atoms. The van der Waals surface area contributed by atoms with Gasteiger partial charge in [-0.15, -0.1) is 5.10 Å². The Labute approximate surface area is 100 Å². The highest BCUT2D eigenvalue weighted by Gasteiger charge is 2.36. The van der Waals surface area contributed by atoms with Crippen LogP contribution in [0.25, 0.3) is 0 Å². The van der Waals surface area contributed by atoms with E-state index in [-0.39, 0.29) is 5.19 Å². The molecule has 0 aromatic carbocycles. The van der Waals surface area contributed by atoms with Crippen LogP contribution in [-0.4, -0.2) is 29.9 Å². The van der Waals surface area contributed by atoms with Crippen LogP contribution >= 0.6 is 11.3 Å². The van der Waals surface area contributed by atoms with E-state index in [4.69, 9.17) is 4.74 Å². The Hall–Kier alpha value is -0.890. The summed E-state index contributed by atoms with van der Waals surface area (Å²) in [5, 5.41) is 8.68. The Morgan fingerprint density at radius 3 is 2.59 bits per heavy atom. The fourth-order valence-electron chi connectivity index (χ4n) is 1.62. The topological polar surface area (TPSA) is 47.0 Å². The molecule has 1 saturated heterocycles. The van der Waals surface area contributed by atoms with E-state index in [9.17, 15) is 13.2 Å². The Morgan fingerprint density at radius 1 is 1.29 bits per heavy atom. The second kappa shape index (κ2) is 5.18. The zero-order valence-corrected chi connectivity index (χ0v) is 9.77. The molecular formula is C9H12F3N3OS. The van der Waals surface area contributed by atoms with E-state index in [2.05, 4.69) is 15.5 Å². The van der Waals surface area contributed by atoms with E-state index < -0.39 is 11.2 Å². The maximum Gasteiger partial charge on any atom is 0.445 e. The van der Waals surface area contributed by atoms with E-state index in [0.717, 1.165) is 25.9 Å². The molecule has 0 spiro atoms. The molecule has 0 radical (unpaired) electrons. The predicted molar refractivity (Wildman–Crippen MR) is 56.0 cm³/mol. The maximum atomic E-state index is 12.2. The van der Waals surface area contributed by atoms with Gasteiger partial charge in [0, 0.05) is 0 Å². The van der Waals surface area contributed by atoms with Crippen molar-refractivity contribution in [3.63, 3.8) is 0 Å². The Morgan fingerprint density at radius 2 is 2.00 bits per heavy atom. The molecule has 0 aliphatic carbocycles. The molecule has 1 aromatic rings. The van der Waals surface area contributed by atoms with Crippen LogP contribution in [0, 0.1) is 5.92 Å². The summed E-state index contributed by atoms with van der Waals surface area (Å²) in [7, 11) is 0. The molecule has 96 valence electrons. The van der Waals surface area contributed by atoms with E-state index >= 15 is 0 Å². The molecule has 2 rings (SSSR count). The SMILES string of the molecule is FC(F)(F)c1nnc(OCC2CCNCC2)s1. The number of halogens is 3. The van der Waals surface area contributed by atoms with Crippen LogP contribution in [0.4, 0.5) is 13.2 Å². The maximum absolute atomic E-state index is 12.2. The lowest BCUT2D eigenvalue weighted by Gasteiger charge is -2.21. The van der Waals surface area contributed by atoms with Crippen molar-refractivity contribution in [1.29, 1.82) is 0 Å². The number of hydrogen-bond acceptors (Lipinski definition) is 5. The molecule has 0 atom stereocenters. The van der Waals surface area contributed by atoms with Crippen LogP contribution in [0.5, 0.6) is 5.19 Å². The molecule has 2 heterocycles. The van der Waals surface area contributed by atoms with Gasteiger partial charge in [-0.2, -0.15) is 13.2 Å². The fourth-order valence-corrected chi connectivity index (χ4v) is 2.19. The number of piperidine rings is 1. The number of aromatic nitrogens is 2. The van der Waals surface area contributed by atoms with Crippen molar-refractivity contribution in [1.82, 2.24) is 15.5 Å². The van der Waals surface area contributed by atoms with Crippen molar-refractivity contribution in [2.75, 3.05) is 19.7 Å². The van der Waals surface area contributed by atoms with Gasteiger partial charge in [0.05, 0.1) is 6.61 Å². The van der Waals surface area contributed by atoms with Gasteiger partial charge in [-0.25, -0.2) is 0 Å². The largest absolute Gasteiger partial charge is 0.469 e. The zero-order valence-electron chi connectivity index (χ0n) is 8.96. The van der Waals surface area contributed by atoms with Crippen molar-refractivity contribution in [3.8, 4) is 5.19 Å². The molecule has 17 heavy (non-hydrogen) atoms. The van der Waals surface area contributed by atoms with Crippen LogP contribution in [0.2, 0.25) is 0 Å². The number of ether oxygens (including phenoxy) is 1. The number of rotatable bonds is 3. The summed E-state index contributed by atoms with van der Waals surface area (Å²) in [4.78, 5) is 0. The van der Waals surface area contributed by atoms with E-state index in [1.807, 2.05) is 0 Å². The molecule has 1 N–H and O–H groups in total. The molecule has 0 saturated carbocycles. The first-order chi connectivity index (χ1) is 8.05. The lowest BCUT2D eigenvalue weighted by atomic mass is 9.99. The van der Waals surface area contributed by atoms with E-state index in [1.54, 1.807) is 0 Å². The van der Waals surface area contributed by atoms with Gasteiger partial charge >= 0.3 is 6.18 Å². The van der Waals surface area contributed by atoms with Gasteiger partial charge in [0.25, 0.3) is 5.19 Å². The van der Waals surface area contributed by atoms with E-state index in [0.29, 0.717) is 23.9 Å². The third-order valence-electron chi connectivity index (χ3n) is 2.55. The third-order valence-corrected chi connectivity index (χ3v) is 3.43. The van der Waals surface area contributed by atoms with Crippen molar-refractivity contribution in [2.45, 2.75) is 19.0 Å². The third kappa shape index (κ3) is 3.53. The minimum absolute atomic E-state index is 0.00384. The van der Waals surface area contributed by atoms with Crippen LogP contribution < -0.4 is 10.1 Å². The minimum Gasteiger partial charge on any atom is -0.469 e. The van der Waals surface area contributed by atoms with Gasteiger partial charge in [-0.3, -0.25) is 0 Å². The lowest BCUT2D eigenvalue weighted by molar-refractivity contribution is -0.138. The number of nitrogens with zero attached hydrogens (tertiary/aromatic N) is 2. The first-order valence-electron chi connectivity index (χ1n) is 5.30. The average molecular weight is 267 g/mol. The molecule has 8 heteroatoms. The summed E-state index contributed by atoms with van der Waals surface area (Å²) in [5.41, 5.74) is 0. The lowest BCUT2D eigenvalue weighted by Crippen LogP contribution is -2.30. The van der Waals surface area contributed by atoms with Crippen LogP contribution in [0.1, 0.15) is 17.8 Å². The second-order valence-corrected chi connectivity index (χ2v) is 4.82. The van der Waals surface area contributed by atoms with Gasteiger partial charge in [-0.1, -0.05) is 16.4 Å². The molecule has 1 aliphatic heterocycles. The van der Waals surface area contributed by atoms with E-state index in [1.165, 1.54) is 0 Å². The summed E-state index contributed by atoms with van der Waals surface area (Å²) >= 11 is 0.443. The molecule has 4 nitrogen and oxygen atoms in total. The van der Waals surface area contributed by atoms with Crippen LogP contribution in [0.15, 0.2) is 0 Å². The van der Waals surface area contributed by atoms with Crippen LogP contribution in [0.3, 0.4) is 0 Å². The Kier molecular flexibility index (Phi) is 3.82. The highest BCUT2D eigenvalue weighted by molar-refractivity contribution is 7.13. The van der Waals surface area contributed by atoms with Gasteiger partial charge in [-0.05, 0) is 31.8 Å². The monoisotopic (exact) mass is 267 g/mol. The standard InChI is InChI=1S/C9H12F3N3OS/c10-9(11,12)7-14-15-8(17-7)16-5-6-1-3-13-4-2-6/h6,13H,1-5H2. The summed E-state index contributed by atoms with van der Waals surface area (Å²) in [6.45, 7) is 2.27. The predicted octanol–water partition coefficient (Wildman–Crippen LogP) is 1.94. The Bertz CT molecular complexity index is 363. The Balaban J connectivity index is 1.84. The van der Waals surface area contributed by atoms with Gasteiger partial charge in [0.1, 0.15) is 0 Å². The van der Waals surface area contributed by atoms with Crippen molar-refractivity contribution in [2.24, 2.45) is 5.92 Å². The summed E-state index contributed by atoms with van der Waals surface area (Å²) in [5.74, 6) is 0.384. The van der Waals surface area contributed by atoms with Gasteiger partial charge in [0.2, 0.25) is 5.01 Å². The first-order valence-corrected chi connectivity index (χ1v) is 6.11. The molecule has 0 unspecified atom stereocenters. The fraction of sp³-hybridized carbons (Fsp3) is 0.778. The summed E-state index contributed by atoms with van der Waals surface area (Å²) in [6.07, 6.45) is -2.48. The van der Waals surface area contributed by atoms with Gasteiger partial charge in [0.15, 0.2) is 0 Å². The number of hydrogen-bond donors (Lipinski definition) is 1. The molecular weight excluding hydrogens is 255 g/mol. The average Bonchev–Trinajstić information content (AvgIpc) is 2.76. The zero-order chi connectivity index (χ0) is 12.3. The normalized spacial score (nSPS) is 18.3. The van der Waals surface area contributed by atoms with Crippen molar-refractivity contribution in [3.05, 3.63) is 5.01 Å². The smallest absolute Gasteiger partial charge is 0.445 e. The quantitative estimate of drug-likeness (QED) is 0.909. The van der Waals surface area contributed by atoms with Crippen molar-refractivity contribution >= 4 is 11.3 Å². The number of alkyl halides is 3. The first kappa shape index (κ1) is 12.6. The molecule has 1 aromatic heterocycles. The minimum atomic E-state index is -4.44. The molecule has 1 aliphatic rings. The summed E-state index contributed by atoms with van der Waals surface area (Å²) in [6, 6.07) is 0. The van der Waals surface area contributed by atoms with Crippen molar-refractivity contribution < 1.29 is 17.9 Å². The summed E-state index contributed by atoms with van der Waals surface area (Å²) < 4.78 is 42.0. The highest BCUT2D eigenvalue weighted by atomic mass is 32.1.